The van der Waals surface area contributed by atoms with E-state index in [1.807, 2.05) is 0 Å². The van der Waals surface area contributed by atoms with E-state index in [-0.39, 0.29) is 24.6 Å². The maximum Gasteiger partial charge on any atom is 0.309 e. The number of rotatable bonds is 4. The van der Waals surface area contributed by atoms with Crippen molar-refractivity contribution in [2.24, 2.45) is 5.92 Å². The Morgan fingerprint density at radius 2 is 2.16 bits per heavy atom. The maximum absolute atomic E-state index is 14.1. The molecule has 1 saturated heterocycles. The second kappa shape index (κ2) is 7.20. The Balaban J connectivity index is 1.77. The van der Waals surface area contributed by atoms with E-state index in [4.69, 9.17) is 14.2 Å². The summed E-state index contributed by atoms with van der Waals surface area (Å²) in [5, 5.41) is 0. The average Bonchev–Trinajstić information content (AvgIpc) is 2.42. The fourth-order valence-electron chi connectivity index (χ4n) is 2.73. The van der Waals surface area contributed by atoms with Gasteiger partial charge in [-0.3, -0.25) is 4.79 Å². The van der Waals surface area contributed by atoms with Crippen LogP contribution in [0.25, 0.3) is 0 Å². The zero-order valence-corrected chi connectivity index (χ0v) is 11.5. The van der Waals surface area contributed by atoms with E-state index >= 15 is 0 Å². The van der Waals surface area contributed by atoms with E-state index in [0.717, 1.165) is 19.3 Å². The number of esters is 1. The van der Waals surface area contributed by atoms with Crippen LogP contribution in [0.5, 0.6) is 0 Å². The molecule has 1 saturated carbocycles. The molecule has 19 heavy (non-hydrogen) atoms. The van der Waals surface area contributed by atoms with Crippen LogP contribution < -0.4 is 0 Å². The Kier molecular flexibility index (Phi) is 5.58. The molecule has 110 valence electrons. The van der Waals surface area contributed by atoms with Crippen LogP contribution in [0.15, 0.2) is 0 Å². The summed E-state index contributed by atoms with van der Waals surface area (Å²) in [4.78, 5) is 11.6. The van der Waals surface area contributed by atoms with E-state index in [2.05, 4.69) is 0 Å². The quantitative estimate of drug-likeness (QED) is 0.739. The second-order valence-corrected chi connectivity index (χ2v) is 5.25. The van der Waals surface area contributed by atoms with Crippen LogP contribution >= 0.6 is 0 Å². The van der Waals surface area contributed by atoms with Gasteiger partial charge in [-0.1, -0.05) is 0 Å². The van der Waals surface area contributed by atoms with Gasteiger partial charge in [-0.15, -0.1) is 0 Å². The number of alkyl halides is 1. The fourth-order valence-corrected chi connectivity index (χ4v) is 2.73. The fraction of sp³-hybridized carbons (Fsp3) is 0.929. The molecule has 5 heteroatoms. The van der Waals surface area contributed by atoms with Crippen LogP contribution in [0, 0.1) is 5.92 Å². The Bertz CT molecular complexity index is 291. The Hall–Kier alpha value is -0.680. The number of hydrogen-bond donors (Lipinski definition) is 0. The van der Waals surface area contributed by atoms with Gasteiger partial charge in [0.2, 0.25) is 0 Å². The van der Waals surface area contributed by atoms with Gasteiger partial charge >= 0.3 is 5.97 Å². The van der Waals surface area contributed by atoms with Crippen molar-refractivity contribution in [3.63, 3.8) is 0 Å². The third kappa shape index (κ3) is 4.14. The van der Waals surface area contributed by atoms with Crippen LogP contribution in [0.3, 0.4) is 0 Å². The Morgan fingerprint density at radius 1 is 1.32 bits per heavy atom. The van der Waals surface area contributed by atoms with E-state index in [1.54, 1.807) is 6.92 Å². The molecule has 0 spiro atoms. The summed E-state index contributed by atoms with van der Waals surface area (Å²) >= 11 is 0. The van der Waals surface area contributed by atoms with Crippen molar-refractivity contribution in [1.82, 2.24) is 0 Å². The van der Waals surface area contributed by atoms with Gasteiger partial charge in [0.15, 0.2) is 6.29 Å². The van der Waals surface area contributed by atoms with Crippen LogP contribution in [-0.2, 0) is 19.0 Å². The highest BCUT2D eigenvalue weighted by Gasteiger charge is 2.36. The lowest BCUT2D eigenvalue weighted by Gasteiger charge is -2.34. The maximum atomic E-state index is 14.1. The lowest BCUT2D eigenvalue weighted by molar-refractivity contribution is -0.208. The Labute approximate surface area is 113 Å². The average molecular weight is 274 g/mol. The first-order valence-electron chi connectivity index (χ1n) is 7.28. The van der Waals surface area contributed by atoms with Crippen molar-refractivity contribution < 1.29 is 23.4 Å². The lowest BCUT2D eigenvalue weighted by atomic mass is 9.86. The van der Waals surface area contributed by atoms with Crippen molar-refractivity contribution in [2.75, 3.05) is 13.2 Å². The minimum atomic E-state index is -1.10. The predicted octanol–water partition coefficient (Wildman–Crippen LogP) is 2.60. The molecule has 1 aliphatic heterocycles. The largest absolute Gasteiger partial charge is 0.466 e. The van der Waals surface area contributed by atoms with Gasteiger partial charge < -0.3 is 14.2 Å². The molecule has 4 atom stereocenters. The van der Waals surface area contributed by atoms with E-state index in [9.17, 15) is 9.18 Å². The standard InChI is InChI=1S/C14H23FO4/c1-2-17-14(16)10-6-7-12(11(15)9-10)19-13-5-3-4-8-18-13/h10-13H,2-9H2,1H3/t10-,11+,12-,13?/m0/s1. The molecule has 0 radical (unpaired) electrons. The predicted molar refractivity (Wildman–Crippen MR) is 67.3 cm³/mol. The van der Waals surface area contributed by atoms with Crippen molar-refractivity contribution in [1.29, 1.82) is 0 Å². The summed E-state index contributed by atoms with van der Waals surface area (Å²) < 4.78 is 30.2. The Morgan fingerprint density at radius 3 is 2.79 bits per heavy atom. The number of ether oxygens (including phenoxy) is 3. The third-order valence-corrected chi connectivity index (χ3v) is 3.80. The normalized spacial score (nSPS) is 35.9. The highest BCUT2D eigenvalue weighted by atomic mass is 19.1. The molecular weight excluding hydrogens is 251 g/mol. The summed E-state index contributed by atoms with van der Waals surface area (Å²) in [6, 6.07) is 0. The highest BCUT2D eigenvalue weighted by Crippen LogP contribution is 2.31. The smallest absolute Gasteiger partial charge is 0.309 e. The van der Waals surface area contributed by atoms with Gasteiger partial charge in [-0.2, -0.15) is 0 Å². The SMILES string of the molecule is CCOC(=O)[C@H]1CC[C@H](OC2CCCCO2)[C@H](F)C1. The molecule has 0 amide bonds. The molecule has 2 rings (SSSR count). The van der Waals surface area contributed by atoms with Crippen LogP contribution in [0.2, 0.25) is 0 Å². The van der Waals surface area contributed by atoms with E-state index < -0.39 is 12.3 Å². The molecule has 4 nitrogen and oxygen atoms in total. The molecule has 0 aromatic rings. The van der Waals surface area contributed by atoms with Crippen molar-refractivity contribution in [3.05, 3.63) is 0 Å². The van der Waals surface area contributed by atoms with Crippen molar-refractivity contribution in [2.45, 2.75) is 64.0 Å². The monoisotopic (exact) mass is 274 g/mol. The van der Waals surface area contributed by atoms with Crippen molar-refractivity contribution in [3.8, 4) is 0 Å². The first-order chi connectivity index (χ1) is 9.20. The van der Waals surface area contributed by atoms with Gasteiger partial charge in [0.1, 0.15) is 6.17 Å². The van der Waals surface area contributed by atoms with Gasteiger partial charge in [0.05, 0.1) is 18.6 Å². The molecule has 1 aliphatic carbocycles. The highest BCUT2D eigenvalue weighted by molar-refractivity contribution is 5.72. The van der Waals surface area contributed by atoms with Gasteiger partial charge in [0.25, 0.3) is 0 Å². The van der Waals surface area contributed by atoms with Crippen molar-refractivity contribution >= 4 is 5.97 Å². The summed E-state index contributed by atoms with van der Waals surface area (Å²) in [7, 11) is 0. The van der Waals surface area contributed by atoms with Gasteiger partial charge in [-0.25, -0.2) is 4.39 Å². The number of hydrogen-bond acceptors (Lipinski definition) is 4. The summed E-state index contributed by atoms with van der Waals surface area (Å²) in [6.45, 7) is 2.81. The number of carbonyl (C=O) groups excluding carboxylic acids is 1. The van der Waals surface area contributed by atoms with Gasteiger partial charge in [0, 0.05) is 6.61 Å². The zero-order valence-electron chi connectivity index (χ0n) is 11.5. The lowest BCUT2D eigenvalue weighted by Crippen LogP contribution is -2.39. The first kappa shape index (κ1) is 14.7. The number of halogens is 1. The molecule has 2 aliphatic rings. The second-order valence-electron chi connectivity index (χ2n) is 5.25. The zero-order chi connectivity index (χ0) is 13.7. The van der Waals surface area contributed by atoms with E-state index in [1.165, 1.54) is 0 Å². The molecule has 0 aromatic heterocycles. The van der Waals surface area contributed by atoms with Gasteiger partial charge in [-0.05, 0) is 45.4 Å². The molecular formula is C14H23FO4. The van der Waals surface area contributed by atoms with Crippen LogP contribution in [0.4, 0.5) is 4.39 Å². The van der Waals surface area contributed by atoms with Crippen LogP contribution in [-0.4, -0.2) is 37.7 Å². The summed E-state index contributed by atoms with van der Waals surface area (Å²) in [5.74, 6) is -0.598. The molecule has 2 fully saturated rings. The first-order valence-corrected chi connectivity index (χ1v) is 7.28. The third-order valence-electron chi connectivity index (χ3n) is 3.80. The molecule has 0 bridgehead atoms. The molecule has 1 unspecified atom stereocenters. The number of carbonyl (C=O) groups is 1. The minimum absolute atomic E-state index is 0.205. The molecule has 1 heterocycles. The summed E-state index contributed by atoms with van der Waals surface area (Å²) in [6.07, 6.45) is 2.55. The summed E-state index contributed by atoms with van der Waals surface area (Å²) in [5.41, 5.74) is 0. The minimum Gasteiger partial charge on any atom is -0.466 e. The van der Waals surface area contributed by atoms with Crippen LogP contribution in [0.1, 0.15) is 45.4 Å². The van der Waals surface area contributed by atoms with E-state index in [0.29, 0.717) is 26.1 Å². The topological polar surface area (TPSA) is 44.8 Å². The molecule has 0 aromatic carbocycles. The molecule has 0 N–H and O–H groups in total.